The Morgan fingerprint density at radius 3 is 2.27 bits per heavy atom. The summed E-state index contributed by atoms with van der Waals surface area (Å²) in [5.74, 6) is -1.37. The summed E-state index contributed by atoms with van der Waals surface area (Å²) in [6.45, 7) is 10.9. The van der Waals surface area contributed by atoms with Crippen LogP contribution in [0, 0.1) is 13.8 Å². The molecule has 3 N–H and O–H groups in total. The molecule has 0 spiro atoms. The van der Waals surface area contributed by atoms with Gasteiger partial charge in [-0.25, -0.2) is 4.79 Å². The van der Waals surface area contributed by atoms with Gasteiger partial charge in [-0.05, 0) is 70.4 Å². The van der Waals surface area contributed by atoms with Crippen molar-refractivity contribution in [3.63, 3.8) is 0 Å². The van der Waals surface area contributed by atoms with Crippen molar-refractivity contribution < 1.29 is 33.8 Å². The van der Waals surface area contributed by atoms with Crippen LogP contribution in [0.4, 0.5) is 4.79 Å². The fourth-order valence-corrected chi connectivity index (χ4v) is 4.09. The van der Waals surface area contributed by atoms with E-state index in [0.29, 0.717) is 11.1 Å². The molecule has 0 aliphatic heterocycles. The molecule has 10 heteroatoms. The van der Waals surface area contributed by atoms with Crippen LogP contribution in [-0.4, -0.2) is 65.7 Å². The number of aryl methyl sites for hydroxylation is 2. The first kappa shape index (κ1) is 32.1. The van der Waals surface area contributed by atoms with Gasteiger partial charge < -0.3 is 30.1 Å². The van der Waals surface area contributed by atoms with Crippen LogP contribution in [0.3, 0.4) is 0 Å². The number of nitrogens with zero attached hydrogens (tertiary/aromatic N) is 1. The molecule has 2 rings (SSSR count). The number of phenolic OH excluding ortho intramolecular Hbond substituents is 1. The van der Waals surface area contributed by atoms with Gasteiger partial charge in [-0.2, -0.15) is 0 Å². The van der Waals surface area contributed by atoms with E-state index in [1.807, 2.05) is 32.0 Å². The number of alkyl carbamates (subject to hydrolysis) is 1. The lowest BCUT2D eigenvalue weighted by Crippen LogP contribution is -2.52. The Kier molecular flexibility index (Phi) is 11.5. The second-order valence-electron chi connectivity index (χ2n) is 10.6. The molecule has 218 valence electrons. The number of aromatic hydroxyl groups is 1. The Bertz CT molecular complexity index is 1190. The number of esters is 1. The van der Waals surface area contributed by atoms with E-state index in [1.165, 1.54) is 24.1 Å². The number of hydrogen-bond acceptors (Lipinski definition) is 7. The maximum atomic E-state index is 14.0. The van der Waals surface area contributed by atoms with Crippen molar-refractivity contribution in [3.8, 4) is 5.75 Å². The molecule has 40 heavy (non-hydrogen) atoms. The molecule has 0 radical (unpaired) electrons. The van der Waals surface area contributed by atoms with E-state index in [4.69, 9.17) is 9.47 Å². The third-order valence-corrected chi connectivity index (χ3v) is 6.01. The molecule has 0 fully saturated rings. The molecule has 0 heterocycles. The molecule has 0 aromatic heterocycles. The van der Waals surface area contributed by atoms with Crippen molar-refractivity contribution >= 4 is 23.9 Å². The number of nitrogens with one attached hydrogen (secondary N) is 2. The zero-order valence-corrected chi connectivity index (χ0v) is 24.4. The molecule has 2 aromatic carbocycles. The monoisotopic (exact) mass is 555 g/mol. The van der Waals surface area contributed by atoms with Gasteiger partial charge >= 0.3 is 12.1 Å². The van der Waals surface area contributed by atoms with Crippen LogP contribution in [0.25, 0.3) is 0 Å². The number of carbonyl (C=O) groups excluding carboxylic acids is 4. The van der Waals surface area contributed by atoms with Gasteiger partial charge in [0.2, 0.25) is 11.8 Å². The van der Waals surface area contributed by atoms with Crippen molar-refractivity contribution in [2.75, 3.05) is 20.2 Å². The summed E-state index contributed by atoms with van der Waals surface area (Å²) in [7, 11) is 1.50. The van der Waals surface area contributed by atoms with E-state index in [2.05, 4.69) is 10.6 Å². The lowest BCUT2D eigenvalue weighted by Gasteiger charge is -2.32. The van der Waals surface area contributed by atoms with Crippen LogP contribution in [0.1, 0.15) is 62.4 Å². The van der Waals surface area contributed by atoms with Gasteiger partial charge in [0.05, 0.1) is 13.0 Å². The number of ether oxygens (including phenoxy) is 2. The first-order valence-corrected chi connectivity index (χ1v) is 13.3. The second-order valence-corrected chi connectivity index (χ2v) is 10.6. The number of phenols is 1. The van der Waals surface area contributed by atoms with Crippen molar-refractivity contribution in [1.82, 2.24) is 15.5 Å². The molecule has 10 nitrogen and oxygen atoms in total. The van der Waals surface area contributed by atoms with E-state index in [9.17, 15) is 24.3 Å². The van der Waals surface area contributed by atoms with Crippen LogP contribution in [-0.2, 0) is 30.3 Å². The van der Waals surface area contributed by atoms with Crippen LogP contribution in [0.5, 0.6) is 5.75 Å². The highest BCUT2D eigenvalue weighted by Crippen LogP contribution is 2.26. The van der Waals surface area contributed by atoms with Gasteiger partial charge in [0, 0.05) is 20.0 Å². The molecule has 3 amide bonds. The van der Waals surface area contributed by atoms with Crippen LogP contribution in [0.15, 0.2) is 42.5 Å². The van der Waals surface area contributed by atoms with E-state index < -0.39 is 41.6 Å². The average molecular weight is 556 g/mol. The Morgan fingerprint density at radius 2 is 1.68 bits per heavy atom. The minimum Gasteiger partial charge on any atom is -0.508 e. The standard InChI is InChI=1S/C30H41N3O7/c1-8-39-25(35)15-16-31-27(36)26(23-17-19(2)9-10-20(23)3)33(7)28(37)24(32-29(38)40-30(4,5)6)18-21-11-13-22(34)14-12-21/h9-14,17,24,26,34H,8,15-16,18H2,1-7H3,(H,31,36)(H,32,38). The molecule has 2 atom stereocenters. The maximum absolute atomic E-state index is 14.0. The molecule has 2 aromatic rings. The van der Waals surface area contributed by atoms with Crippen LogP contribution >= 0.6 is 0 Å². The Balaban J connectivity index is 2.41. The summed E-state index contributed by atoms with van der Waals surface area (Å²) in [5, 5.41) is 15.1. The zero-order valence-electron chi connectivity index (χ0n) is 24.4. The van der Waals surface area contributed by atoms with Gasteiger partial charge in [0.1, 0.15) is 23.4 Å². The molecule has 0 aliphatic carbocycles. The van der Waals surface area contributed by atoms with Gasteiger partial charge in [0.15, 0.2) is 0 Å². The average Bonchev–Trinajstić information content (AvgIpc) is 2.85. The summed E-state index contributed by atoms with van der Waals surface area (Å²) >= 11 is 0. The third kappa shape index (κ3) is 9.91. The first-order valence-electron chi connectivity index (χ1n) is 13.3. The van der Waals surface area contributed by atoms with E-state index in [-0.39, 0.29) is 31.7 Å². The summed E-state index contributed by atoms with van der Waals surface area (Å²) < 4.78 is 10.3. The largest absolute Gasteiger partial charge is 0.508 e. The van der Waals surface area contributed by atoms with E-state index >= 15 is 0 Å². The summed E-state index contributed by atoms with van der Waals surface area (Å²) in [4.78, 5) is 53.3. The van der Waals surface area contributed by atoms with Crippen molar-refractivity contribution in [2.24, 2.45) is 0 Å². The molecular formula is C30H41N3O7. The summed E-state index contributed by atoms with van der Waals surface area (Å²) in [6.07, 6.45) is -0.701. The molecule has 0 aliphatic rings. The Labute approximate surface area is 236 Å². The highest BCUT2D eigenvalue weighted by molar-refractivity contribution is 5.92. The number of rotatable bonds is 11. The highest BCUT2D eigenvalue weighted by atomic mass is 16.6. The fraction of sp³-hybridized carbons (Fsp3) is 0.467. The molecule has 0 bridgehead atoms. The fourth-order valence-electron chi connectivity index (χ4n) is 4.09. The quantitative estimate of drug-likeness (QED) is 0.360. The van der Waals surface area contributed by atoms with Gasteiger partial charge in [-0.15, -0.1) is 0 Å². The molecule has 2 unspecified atom stereocenters. The van der Waals surface area contributed by atoms with Gasteiger partial charge in [-0.1, -0.05) is 35.9 Å². The van der Waals surface area contributed by atoms with Crippen molar-refractivity contribution in [2.45, 2.75) is 72.1 Å². The van der Waals surface area contributed by atoms with Crippen molar-refractivity contribution in [3.05, 3.63) is 64.7 Å². The molecular weight excluding hydrogens is 514 g/mol. The summed E-state index contributed by atoms with van der Waals surface area (Å²) in [6, 6.07) is 9.77. The normalized spacial score (nSPS) is 12.6. The van der Waals surface area contributed by atoms with Crippen LogP contribution in [0.2, 0.25) is 0 Å². The lowest BCUT2D eigenvalue weighted by molar-refractivity contribution is -0.143. The minimum absolute atomic E-state index is 0.0135. The predicted molar refractivity (Wildman–Crippen MR) is 151 cm³/mol. The van der Waals surface area contributed by atoms with E-state index in [0.717, 1.165) is 11.1 Å². The smallest absolute Gasteiger partial charge is 0.408 e. The van der Waals surface area contributed by atoms with Crippen molar-refractivity contribution in [1.29, 1.82) is 0 Å². The van der Waals surface area contributed by atoms with Gasteiger partial charge in [0.25, 0.3) is 0 Å². The van der Waals surface area contributed by atoms with Gasteiger partial charge in [-0.3, -0.25) is 14.4 Å². The predicted octanol–water partition coefficient (Wildman–Crippen LogP) is 3.71. The first-order chi connectivity index (χ1) is 18.7. The Morgan fingerprint density at radius 1 is 1.02 bits per heavy atom. The molecule has 0 saturated carbocycles. The minimum atomic E-state index is -1.08. The number of benzene rings is 2. The maximum Gasteiger partial charge on any atom is 0.408 e. The second kappa shape index (κ2) is 14.3. The van der Waals surface area contributed by atoms with E-state index in [1.54, 1.807) is 39.8 Å². The highest BCUT2D eigenvalue weighted by Gasteiger charge is 2.35. The zero-order chi connectivity index (χ0) is 30.0. The molecule has 0 saturated heterocycles. The number of amides is 3. The topological polar surface area (TPSA) is 134 Å². The number of likely N-dealkylation sites (N-methyl/N-ethyl adjacent to an activating group) is 1. The van der Waals surface area contributed by atoms with Crippen LogP contribution < -0.4 is 10.6 Å². The third-order valence-electron chi connectivity index (χ3n) is 6.01. The lowest BCUT2D eigenvalue weighted by atomic mass is 9.96. The number of hydrogen-bond donors (Lipinski definition) is 3. The Hall–Kier alpha value is -4.08. The summed E-state index contributed by atoms with van der Waals surface area (Å²) in [5.41, 5.74) is 2.21. The number of carbonyl (C=O) groups is 4. The SMILES string of the molecule is CCOC(=O)CCNC(=O)C(c1cc(C)ccc1C)N(C)C(=O)C(Cc1ccc(O)cc1)NC(=O)OC(C)(C)C.